The topological polar surface area (TPSA) is 3.24 Å². The summed E-state index contributed by atoms with van der Waals surface area (Å²) >= 11 is 1.77. The van der Waals surface area contributed by atoms with Crippen LogP contribution in [0.5, 0.6) is 0 Å². The lowest BCUT2D eigenvalue weighted by Crippen LogP contribution is -2.24. The highest BCUT2D eigenvalue weighted by molar-refractivity contribution is 8.03. The van der Waals surface area contributed by atoms with Crippen LogP contribution >= 0.6 is 11.8 Å². The molecule has 0 atom stereocenters. The molecule has 0 bridgehead atoms. The van der Waals surface area contributed by atoms with E-state index in [0.29, 0.717) is 0 Å². The van der Waals surface area contributed by atoms with Gasteiger partial charge in [0.25, 0.3) is 0 Å². The van der Waals surface area contributed by atoms with E-state index in [-0.39, 0.29) is 0 Å². The average molecular weight is 231 g/mol. The highest BCUT2D eigenvalue weighted by atomic mass is 32.2. The van der Waals surface area contributed by atoms with Crippen molar-refractivity contribution >= 4 is 11.8 Å². The van der Waals surface area contributed by atoms with E-state index in [1.54, 1.807) is 11.8 Å². The van der Waals surface area contributed by atoms with Gasteiger partial charge in [-0.05, 0) is 25.0 Å². The van der Waals surface area contributed by atoms with E-state index in [9.17, 15) is 0 Å². The zero-order chi connectivity index (χ0) is 11.4. The molecule has 2 heteroatoms. The molecule has 0 amide bonds. The molecule has 1 aliphatic heterocycles. The predicted octanol–water partition coefficient (Wildman–Crippen LogP) is 3.82. The number of nitrogens with zero attached hydrogens (tertiary/aromatic N) is 1. The lowest BCUT2D eigenvalue weighted by Gasteiger charge is -2.27. The number of rotatable bonds is 3. The van der Waals surface area contributed by atoms with Gasteiger partial charge in [-0.3, -0.25) is 0 Å². The summed E-state index contributed by atoms with van der Waals surface area (Å²) in [5, 5.41) is 1.15. The normalized spacial score (nSPS) is 15.2. The molecule has 0 radical (unpaired) electrons. The lowest BCUT2D eigenvalue weighted by molar-refractivity contribution is 0.401. The third-order valence-electron chi connectivity index (χ3n) is 2.73. The molecule has 16 heavy (non-hydrogen) atoms. The van der Waals surface area contributed by atoms with Crippen molar-refractivity contribution in [2.24, 2.45) is 0 Å². The van der Waals surface area contributed by atoms with Crippen molar-refractivity contribution in [3.63, 3.8) is 0 Å². The molecule has 0 aliphatic carbocycles. The maximum atomic E-state index is 4.17. The van der Waals surface area contributed by atoms with Gasteiger partial charge in [-0.25, -0.2) is 0 Å². The molecule has 84 valence electrons. The molecule has 0 spiro atoms. The van der Waals surface area contributed by atoms with Crippen LogP contribution in [0.15, 0.2) is 52.9 Å². The highest BCUT2D eigenvalue weighted by Crippen LogP contribution is 2.30. The molecule has 0 aromatic heterocycles. The van der Waals surface area contributed by atoms with Crippen LogP contribution in [0.1, 0.15) is 12.0 Å². The Kier molecular flexibility index (Phi) is 3.73. The van der Waals surface area contributed by atoms with Crippen molar-refractivity contribution in [3.8, 4) is 0 Å². The Bertz CT molecular complexity index is 409. The van der Waals surface area contributed by atoms with E-state index in [0.717, 1.165) is 24.5 Å². The number of hydrogen-bond donors (Lipinski definition) is 0. The first-order valence-electron chi connectivity index (χ1n) is 5.60. The molecule has 2 rings (SSSR count). The molecule has 0 N–H and O–H groups in total. The number of benzene rings is 1. The van der Waals surface area contributed by atoms with E-state index in [4.69, 9.17) is 0 Å². The Labute approximate surface area is 102 Å². The molecule has 1 heterocycles. The molecule has 1 aromatic carbocycles. The predicted molar refractivity (Wildman–Crippen MR) is 71.5 cm³/mol. The zero-order valence-corrected chi connectivity index (χ0v) is 10.5. The van der Waals surface area contributed by atoms with Gasteiger partial charge < -0.3 is 4.90 Å². The highest BCUT2D eigenvalue weighted by Gasteiger charge is 2.10. The summed E-state index contributed by atoms with van der Waals surface area (Å²) in [5.41, 5.74) is 1.32. The van der Waals surface area contributed by atoms with E-state index < -0.39 is 0 Å². The van der Waals surface area contributed by atoms with Gasteiger partial charge in [-0.2, -0.15) is 0 Å². The first-order valence-corrected chi connectivity index (χ1v) is 6.41. The fraction of sp³-hybridized carbons (Fsp3) is 0.286. The molecule has 1 aliphatic rings. The largest absolute Gasteiger partial charge is 0.363 e. The Morgan fingerprint density at radius 2 is 2.12 bits per heavy atom. The van der Waals surface area contributed by atoms with Crippen LogP contribution in [0.4, 0.5) is 0 Å². The molecular weight excluding hydrogens is 214 g/mol. The first kappa shape index (κ1) is 11.3. The minimum Gasteiger partial charge on any atom is -0.363 e. The minimum atomic E-state index is 0.998. The SMILES string of the molecule is C=C(Sc1ccccc1C)N1CC=CCC1. The molecule has 1 nitrogen and oxygen atoms in total. The molecule has 0 unspecified atom stereocenters. The van der Waals surface area contributed by atoms with Gasteiger partial charge in [0, 0.05) is 18.0 Å². The van der Waals surface area contributed by atoms with Crippen molar-refractivity contribution in [3.05, 3.63) is 53.6 Å². The lowest BCUT2D eigenvalue weighted by atomic mass is 10.2. The van der Waals surface area contributed by atoms with Gasteiger partial charge in [0.1, 0.15) is 0 Å². The second-order valence-corrected chi connectivity index (χ2v) is 5.08. The van der Waals surface area contributed by atoms with Crippen molar-refractivity contribution < 1.29 is 0 Å². The van der Waals surface area contributed by atoms with Gasteiger partial charge in [0.2, 0.25) is 0 Å². The van der Waals surface area contributed by atoms with Crippen LogP contribution in [0.25, 0.3) is 0 Å². The van der Waals surface area contributed by atoms with Crippen molar-refractivity contribution in [2.75, 3.05) is 13.1 Å². The van der Waals surface area contributed by atoms with Gasteiger partial charge in [0.15, 0.2) is 0 Å². The maximum absolute atomic E-state index is 4.17. The summed E-state index contributed by atoms with van der Waals surface area (Å²) in [4.78, 5) is 3.64. The van der Waals surface area contributed by atoms with Crippen molar-refractivity contribution in [1.29, 1.82) is 0 Å². The molecule has 0 saturated heterocycles. The van der Waals surface area contributed by atoms with E-state index in [1.165, 1.54) is 10.5 Å². The number of hydrogen-bond acceptors (Lipinski definition) is 2. The van der Waals surface area contributed by atoms with Gasteiger partial charge in [-0.15, -0.1) is 0 Å². The fourth-order valence-corrected chi connectivity index (χ4v) is 2.65. The molecule has 0 fully saturated rings. The Hall–Kier alpha value is -1.15. The van der Waals surface area contributed by atoms with E-state index in [1.807, 2.05) is 0 Å². The third kappa shape index (κ3) is 2.70. The summed E-state index contributed by atoms with van der Waals surface area (Å²) in [6.45, 7) is 8.40. The molecule has 0 saturated carbocycles. The first-order chi connectivity index (χ1) is 7.77. The van der Waals surface area contributed by atoms with Crippen LogP contribution in [0, 0.1) is 6.92 Å². The summed E-state index contributed by atoms with van der Waals surface area (Å²) in [6.07, 6.45) is 5.59. The summed E-state index contributed by atoms with van der Waals surface area (Å²) in [5.74, 6) is 0. The third-order valence-corrected chi connectivity index (χ3v) is 3.90. The summed E-state index contributed by atoms with van der Waals surface area (Å²) in [6, 6.07) is 8.46. The molecular formula is C14H17NS. The quantitative estimate of drug-likeness (QED) is 0.574. The summed E-state index contributed by atoms with van der Waals surface area (Å²) in [7, 11) is 0. The Morgan fingerprint density at radius 3 is 2.81 bits per heavy atom. The van der Waals surface area contributed by atoms with Crippen LogP contribution in [0.3, 0.4) is 0 Å². The number of thioether (sulfide) groups is 1. The smallest absolute Gasteiger partial charge is 0.0685 e. The standard InChI is InChI=1S/C14H17NS/c1-12-8-4-5-9-14(12)16-13(2)15-10-6-3-7-11-15/h3-6,8-9H,2,7,10-11H2,1H3. The maximum Gasteiger partial charge on any atom is 0.0685 e. The van der Waals surface area contributed by atoms with Crippen LogP contribution in [-0.2, 0) is 0 Å². The molecule has 1 aromatic rings. The number of aryl methyl sites for hydroxylation is 1. The monoisotopic (exact) mass is 231 g/mol. The van der Waals surface area contributed by atoms with Gasteiger partial charge in [-0.1, -0.05) is 48.7 Å². The Balaban J connectivity index is 2.02. The van der Waals surface area contributed by atoms with Crippen LogP contribution in [0.2, 0.25) is 0 Å². The van der Waals surface area contributed by atoms with E-state index in [2.05, 4.69) is 54.8 Å². The second kappa shape index (κ2) is 5.26. The summed E-state index contributed by atoms with van der Waals surface area (Å²) < 4.78 is 0. The van der Waals surface area contributed by atoms with Crippen molar-refractivity contribution in [2.45, 2.75) is 18.2 Å². The van der Waals surface area contributed by atoms with Gasteiger partial charge >= 0.3 is 0 Å². The average Bonchev–Trinajstić information content (AvgIpc) is 2.33. The zero-order valence-electron chi connectivity index (χ0n) is 9.65. The fourth-order valence-electron chi connectivity index (χ4n) is 1.73. The Morgan fingerprint density at radius 1 is 1.31 bits per heavy atom. The van der Waals surface area contributed by atoms with Gasteiger partial charge in [0.05, 0.1) is 5.03 Å². The minimum absolute atomic E-state index is 0.998. The van der Waals surface area contributed by atoms with Crippen LogP contribution in [-0.4, -0.2) is 18.0 Å². The van der Waals surface area contributed by atoms with Crippen LogP contribution < -0.4 is 0 Å². The van der Waals surface area contributed by atoms with E-state index >= 15 is 0 Å². The van der Waals surface area contributed by atoms with Crippen molar-refractivity contribution in [1.82, 2.24) is 4.90 Å². The second-order valence-electron chi connectivity index (χ2n) is 3.97.